The molecule has 7 nitrogen and oxygen atoms in total. The summed E-state index contributed by atoms with van der Waals surface area (Å²) in [5, 5.41) is 4.74. The monoisotopic (exact) mass is 262 g/mol. The summed E-state index contributed by atoms with van der Waals surface area (Å²) < 4.78 is 0. The molecule has 3 amide bonds. The molecule has 1 aliphatic rings. The molecule has 1 fully saturated rings. The Morgan fingerprint density at radius 1 is 1.26 bits per heavy atom. The highest BCUT2D eigenvalue weighted by atomic mass is 16.3. The van der Waals surface area contributed by atoms with Crippen LogP contribution in [-0.2, 0) is 11.2 Å². The lowest BCUT2D eigenvalue weighted by atomic mass is 10.1. The highest BCUT2D eigenvalue weighted by Gasteiger charge is 2.40. The molecule has 1 aromatic carbocycles. The zero-order valence-electron chi connectivity index (χ0n) is 10.2. The largest absolute Gasteiger partial charge is 0.325 e. The SMILES string of the molecule is NC1C(N=O)C(=O)NC(=O)N1CCc1ccccc1. The Kier molecular flexibility index (Phi) is 3.86. The number of rotatable bonds is 4. The van der Waals surface area contributed by atoms with Crippen molar-refractivity contribution < 1.29 is 9.59 Å². The number of carbonyl (C=O) groups is 2. The smallest absolute Gasteiger partial charge is 0.309 e. The summed E-state index contributed by atoms with van der Waals surface area (Å²) in [6.45, 7) is 0.316. The number of amides is 3. The predicted molar refractivity (Wildman–Crippen MR) is 67.9 cm³/mol. The van der Waals surface area contributed by atoms with Crippen LogP contribution >= 0.6 is 0 Å². The van der Waals surface area contributed by atoms with Gasteiger partial charge in [-0.15, -0.1) is 4.91 Å². The maximum Gasteiger partial charge on any atom is 0.325 e. The van der Waals surface area contributed by atoms with Crippen LogP contribution in [0.3, 0.4) is 0 Å². The van der Waals surface area contributed by atoms with Crippen molar-refractivity contribution in [2.45, 2.75) is 18.6 Å². The summed E-state index contributed by atoms with van der Waals surface area (Å²) in [7, 11) is 0. The Hall–Kier alpha value is -2.28. The van der Waals surface area contributed by atoms with Crippen LogP contribution in [0.1, 0.15) is 5.56 Å². The summed E-state index contributed by atoms with van der Waals surface area (Å²) in [5.41, 5.74) is 6.77. The second kappa shape index (κ2) is 5.57. The van der Waals surface area contributed by atoms with Crippen LogP contribution < -0.4 is 11.1 Å². The topological polar surface area (TPSA) is 105 Å². The zero-order valence-corrected chi connectivity index (χ0v) is 10.2. The van der Waals surface area contributed by atoms with E-state index in [1.807, 2.05) is 30.3 Å². The average Bonchev–Trinajstić information content (AvgIpc) is 2.39. The first kappa shape index (κ1) is 13.2. The quantitative estimate of drug-likeness (QED) is 0.756. The van der Waals surface area contributed by atoms with E-state index in [-0.39, 0.29) is 0 Å². The van der Waals surface area contributed by atoms with E-state index in [1.165, 1.54) is 4.90 Å². The normalized spacial score (nSPS) is 23.1. The molecule has 2 rings (SSSR count). The average molecular weight is 262 g/mol. The number of hydrogen-bond acceptors (Lipinski definition) is 5. The standard InChI is InChI=1S/C12H14N4O3/c13-10-9(15-19)11(17)14-12(18)16(10)7-6-8-4-2-1-3-5-8/h1-5,9-10H,6-7,13H2,(H,14,17,18). The fourth-order valence-electron chi connectivity index (χ4n) is 1.97. The molecule has 0 bridgehead atoms. The number of nitroso groups, excluding NO2 is 1. The summed E-state index contributed by atoms with van der Waals surface area (Å²) in [6.07, 6.45) is -0.427. The third-order valence-corrected chi connectivity index (χ3v) is 3.04. The van der Waals surface area contributed by atoms with Gasteiger partial charge in [0.05, 0.1) is 0 Å². The van der Waals surface area contributed by atoms with Crippen molar-refractivity contribution in [1.29, 1.82) is 0 Å². The lowest BCUT2D eigenvalue weighted by molar-refractivity contribution is -0.124. The van der Waals surface area contributed by atoms with Gasteiger partial charge >= 0.3 is 6.03 Å². The number of carbonyl (C=O) groups excluding carboxylic acids is 2. The highest BCUT2D eigenvalue weighted by molar-refractivity contribution is 6.00. The van der Waals surface area contributed by atoms with E-state index in [4.69, 9.17) is 5.73 Å². The number of hydrogen-bond donors (Lipinski definition) is 2. The highest BCUT2D eigenvalue weighted by Crippen LogP contribution is 2.11. The number of nitrogens with one attached hydrogen (secondary N) is 1. The van der Waals surface area contributed by atoms with Crippen LogP contribution in [0, 0.1) is 4.91 Å². The molecule has 0 aromatic heterocycles. The Bertz CT molecular complexity index is 491. The first-order valence-corrected chi connectivity index (χ1v) is 5.87. The summed E-state index contributed by atoms with van der Waals surface area (Å²) in [4.78, 5) is 34.8. The number of nitrogens with zero attached hydrogens (tertiary/aromatic N) is 2. The van der Waals surface area contributed by atoms with E-state index in [0.29, 0.717) is 13.0 Å². The van der Waals surface area contributed by atoms with Crippen molar-refractivity contribution >= 4 is 11.9 Å². The van der Waals surface area contributed by atoms with Gasteiger partial charge in [0, 0.05) is 6.54 Å². The Balaban J connectivity index is 2.04. The van der Waals surface area contributed by atoms with Crippen molar-refractivity contribution in [3.63, 3.8) is 0 Å². The molecular formula is C12H14N4O3. The first-order valence-electron chi connectivity index (χ1n) is 5.87. The second-order valence-corrected chi connectivity index (χ2v) is 4.26. The Morgan fingerprint density at radius 3 is 2.58 bits per heavy atom. The Labute approximate surface area is 109 Å². The zero-order chi connectivity index (χ0) is 13.8. The third-order valence-electron chi connectivity index (χ3n) is 3.04. The number of benzene rings is 1. The van der Waals surface area contributed by atoms with Gasteiger partial charge in [-0.25, -0.2) is 4.79 Å². The van der Waals surface area contributed by atoms with E-state index in [9.17, 15) is 14.5 Å². The van der Waals surface area contributed by atoms with E-state index < -0.39 is 24.1 Å². The molecule has 0 radical (unpaired) electrons. The molecule has 3 N–H and O–H groups in total. The van der Waals surface area contributed by atoms with Gasteiger partial charge in [-0.1, -0.05) is 35.5 Å². The maximum atomic E-state index is 11.7. The summed E-state index contributed by atoms with van der Waals surface area (Å²) in [6, 6.07) is 7.69. The van der Waals surface area contributed by atoms with Crippen molar-refractivity contribution in [2.24, 2.45) is 10.9 Å². The lowest BCUT2D eigenvalue weighted by Crippen LogP contribution is -2.65. The van der Waals surface area contributed by atoms with E-state index in [1.54, 1.807) is 0 Å². The van der Waals surface area contributed by atoms with E-state index in [0.717, 1.165) is 5.56 Å². The van der Waals surface area contributed by atoms with E-state index >= 15 is 0 Å². The molecular weight excluding hydrogens is 248 g/mol. The van der Waals surface area contributed by atoms with Crippen molar-refractivity contribution in [2.75, 3.05) is 6.54 Å². The van der Waals surface area contributed by atoms with Gasteiger partial charge < -0.3 is 10.6 Å². The molecule has 0 saturated carbocycles. The van der Waals surface area contributed by atoms with Crippen molar-refractivity contribution in [3.8, 4) is 0 Å². The van der Waals surface area contributed by atoms with Crippen LogP contribution in [0.15, 0.2) is 35.5 Å². The number of nitrogens with two attached hydrogens (primary N) is 1. The van der Waals surface area contributed by atoms with Gasteiger partial charge in [-0.3, -0.25) is 10.1 Å². The predicted octanol–water partition coefficient (Wildman–Crippen LogP) is 0.201. The molecule has 2 unspecified atom stereocenters. The fraction of sp³-hybridized carbons (Fsp3) is 0.333. The van der Waals surface area contributed by atoms with Crippen LogP contribution in [0.25, 0.3) is 0 Å². The minimum Gasteiger partial charge on any atom is -0.309 e. The molecule has 100 valence electrons. The second-order valence-electron chi connectivity index (χ2n) is 4.26. The van der Waals surface area contributed by atoms with Gasteiger partial charge in [0.25, 0.3) is 5.91 Å². The van der Waals surface area contributed by atoms with Gasteiger partial charge in [-0.2, -0.15) is 0 Å². The first-order chi connectivity index (χ1) is 9.13. The molecule has 1 saturated heterocycles. The molecule has 2 atom stereocenters. The number of urea groups is 1. The molecule has 19 heavy (non-hydrogen) atoms. The molecule has 7 heteroatoms. The van der Waals surface area contributed by atoms with Gasteiger partial charge in [-0.05, 0) is 12.0 Å². The molecule has 1 heterocycles. The third kappa shape index (κ3) is 2.76. The Morgan fingerprint density at radius 2 is 1.95 bits per heavy atom. The van der Waals surface area contributed by atoms with Crippen molar-refractivity contribution in [3.05, 3.63) is 40.8 Å². The summed E-state index contributed by atoms with van der Waals surface area (Å²) >= 11 is 0. The minimum atomic E-state index is -1.26. The fourth-order valence-corrected chi connectivity index (χ4v) is 1.97. The van der Waals surface area contributed by atoms with Crippen LogP contribution in [0.2, 0.25) is 0 Å². The van der Waals surface area contributed by atoms with Gasteiger partial charge in [0.1, 0.15) is 6.17 Å². The maximum absolute atomic E-state index is 11.7. The summed E-state index contributed by atoms with van der Waals surface area (Å²) in [5.74, 6) is -0.747. The van der Waals surface area contributed by atoms with E-state index in [2.05, 4.69) is 10.5 Å². The van der Waals surface area contributed by atoms with Crippen molar-refractivity contribution in [1.82, 2.24) is 10.2 Å². The van der Waals surface area contributed by atoms with Gasteiger partial charge in [0.2, 0.25) is 6.04 Å². The van der Waals surface area contributed by atoms with Crippen LogP contribution in [0.4, 0.5) is 4.79 Å². The molecule has 1 aromatic rings. The molecule has 0 aliphatic carbocycles. The van der Waals surface area contributed by atoms with Crippen LogP contribution in [0.5, 0.6) is 0 Å². The number of imide groups is 1. The van der Waals surface area contributed by atoms with Gasteiger partial charge in [0.15, 0.2) is 0 Å². The van der Waals surface area contributed by atoms with Crippen LogP contribution in [-0.4, -0.2) is 35.6 Å². The lowest BCUT2D eigenvalue weighted by Gasteiger charge is -2.34. The molecule has 0 spiro atoms. The molecule has 1 aliphatic heterocycles. The minimum absolute atomic E-state index is 0.316.